The van der Waals surface area contributed by atoms with Crippen molar-refractivity contribution in [2.45, 2.75) is 26.5 Å². The van der Waals surface area contributed by atoms with E-state index >= 15 is 0 Å². The molecule has 2 rings (SSSR count). The molecule has 0 unspecified atom stereocenters. The van der Waals surface area contributed by atoms with E-state index in [4.69, 9.17) is 9.15 Å². The Kier molecular flexibility index (Phi) is 4.69. The quantitative estimate of drug-likeness (QED) is 0.878. The van der Waals surface area contributed by atoms with Crippen molar-refractivity contribution >= 4 is 5.69 Å². The van der Waals surface area contributed by atoms with Crippen molar-refractivity contribution in [2.75, 3.05) is 18.6 Å². The summed E-state index contributed by atoms with van der Waals surface area (Å²) in [4.78, 5) is 2.16. The summed E-state index contributed by atoms with van der Waals surface area (Å²) in [6, 6.07) is 9.63. The first-order chi connectivity index (χ1) is 9.67. The Morgan fingerprint density at radius 2 is 2.10 bits per heavy atom. The third kappa shape index (κ3) is 2.96. The van der Waals surface area contributed by atoms with Gasteiger partial charge in [0.15, 0.2) is 0 Å². The van der Waals surface area contributed by atoms with Crippen molar-refractivity contribution in [3.63, 3.8) is 0 Å². The predicted molar refractivity (Wildman–Crippen MR) is 79.1 cm³/mol. The third-order valence-corrected chi connectivity index (χ3v) is 3.33. The highest BCUT2D eigenvalue weighted by atomic mass is 16.5. The smallest absolute Gasteiger partial charge is 0.126 e. The van der Waals surface area contributed by atoms with Gasteiger partial charge in [-0.2, -0.15) is 0 Å². The van der Waals surface area contributed by atoms with Gasteiger partial charge < -0.3 is 19.2 Å². The summed E-state index contributed by atoms with van der Waals surface area (Å²) in [6.07, 6.45) is 1.08. The molecule has 0 saturated carbocycles. The van der Waals surface area contributed by atoms with Crippen LogP contribution in [0.2, 0.25) is 0 Å². The van der Waals surface area contributed by atoms with E-state index in [-0.39, 0.29) is 0 Å². The minimum Gasteiger partial charge on any atom is -0.496 e. The SMILES string of the molecule is CCN(Cc1ccco1)c1cccc(OC)c1[C@@H](C)O. The van der Waals surface area contributed by atoms with Gasteiger partial charge in [-0.25, -0.2) is 0 Å². The predicted octanol–water partition coefficient (Wildman–Crippen LogP) is 3.37. The topological polar surface area (TPSA) is 45.8 Å². The molecule has 0 radical (unpaired) electrons. The number of benzene rings is 1. The van der Waals surface area contributed by atoms with Gasteiger partial charge in [0.2, 0.25) is 0 Å². The summed E-state index contributed by atoms with van der Waals surface area (Å²) in [6.45, 7) is 5.31. The standard InChI is InChI=1S/C16H21NO3/c1-4-17(11-13-7-6-10-20-13)14-8-5-9-15(19-3)16(14)12(2)18/h5-10,12,18H,4,11H2,1-3H3/t12-/m1/s1. The average molecular weight is 275 g/mol. The van der Waals surface area contributed by atoms with Gasteiger partial charge in [0.25, 0.3) is 0 Å². The van der Waals surface area contributed by atoms with Crippen molar-refractivity contribution in [3.05, 3.63) is 47.9 Å². The number of anilines is 1. The van der Waals surface area contributed by atoms with Crippen molar-refractivity contribution in [1.29, 1.82) is 0 Å². The van der Waals surface area contributed by atoms with Crippen molar-refractivity contribution in [1.82, 2.24) is 0 Å². The Labute approximate surface area is 119 Å². The van der Waals surface area contributed by atoms with E-state index in [0.29, 0.717) is 12.3 Å². The van der Waals surface area contributed by atoms with E-state index in [1.54, 1.807) is 20.3 Å². The van der Waals surface area contributed by atoms with E-state index in [1.165, 1.54) is 0 Å². The van der Waals surface area contributed by atoms with Crippen LogP contribution in [0.15, 0.2) is 41.0 Å². The molecule has 0 saturated heterocycles. The molecule has 20 heavy (non-hydrogen) atoms. The zero-order valence-electron chi connectivity index (χ0n) is 12.2. The first kappa shape index (κ1) is 14.5. The summed E-state index contributed by atoms with van der Waals surface area (Å²) >= 11 is 0. The van der Waals surface area contributed by atoms with Crippen molar-refractivity contribution < 1.29 is 14.3 Å². The average Bonchev–Trinajstić information content (AvgIpc) is 2.96. The lowest BCUT2D eigenvalue weighted by molar-refractivity contribution is 0.194. The molecule has 108 valence electrons. The van der Waals surface area contributed by atoms with Gasteiger partial charge in [0, 0.05) is 17.8 Å². The van der Waals surface area contributed by atoms with Crippen LogP contribution in [0, 0.1) is 0 Å². The lowest BCUT2D eigenvalue weighted by Gasteiger charge is -2.27. The number of aliphatic hydroxyl groups is 1. The number of hydrogen-bond donors (Lipinski definition) is 1. The molecule has 1 atom stereocenters. The zero-order chi connectivity index (χ0) is 14.5. The monoisotopic (exact) mass is 275 g/mol. The van der Waals surface area contributed by atoms with Gasteiger partial charge in [0.1, 0.15) is 11.5 Å². The number of rotatable bonds is 6. The molecular formula is C16H21NO3. The van der Waals surface area contributed by atoms with E-state index in [0.717, 1.165) is 23.6 Å². The van der Waals surface area contributed by atoms with Crippen LogP contribution in [0.1, 0.15) is 31.3 Å². The van der Waals surface area contributed by atoms with Gasteiger partial charge >= 0.3 is 0 Å². The summed E-state index contributed by atoms with van der Waals surface area (Å²) in [5.74, 6) is 1.60. The third-order valence-electron chi connectivity index (χ3n) is 3.33. The molecule has 0 amide bonds. The van der Waals surface area contributed by atoms with Crippen LogP contribution in [-0.4, -0.2) is 18.8 Å². The molecule has 1 aromatic carbocycles. The first-order valence-corrected chi connectivity index (χ1v) is 6.79. The Balaban J connectivity index is 2.38. The Bertz CT molecular complexity index is 535. The van der Waals surface area contributed by atoms with Crippen LogP contribution in [-0.2, 0) is 6.54 Å². The fourth-order valence-corrected chi connectivity index (χ4v) is 2.36. The van der Waals surface area contributed by atoms with Crippen LogP contribution >= 0.6 is 0 Å². The van der Waals surface area contributed by atoms with E-state index in [9.17, 15) is 5.11 Å². The molecule has 1 heterocycles. The molecule has 1 aromatic heterocycles. The fourth-order valence-electron chi connectivity index (χ4n) is 2.36. The van der Waals surface area contributed by atoms with Crippen molar-refractivity contribution in [2.24, 2.45) is 0 Å². The highest BCUT2D eigenvalue weighted by molar-refractivity contribution is 5.60. The number of aliphatic hydroxyl groups excluding tert-OH is 1. The van der Waals surface area contributed by atoms with Gasteiger partial charge in [-0.05, 0) is 38.1 Å². The Morgan fingerprint density at radius 1 is 1.30 bits per heavy atom. The maximum absolute atomic E-state index is 10.1. The van der Waals surface area contributed by atoms with E-state index in [1.807, 2.05) is 30.3 Å². The Morgan fingerprint density at radius 3 is 2.65 bits per heavy atom. The molecule has 0 aliphatic rings. The molecule has 0 fully saturated rings. The maximum Gasteiger partial charge on any atom is 0.126 e. The largest absolute Gasteiger partial charge is 0.496 e. The number of ether oxygens (including phenoxy) is 1. The molecule has 0 aliphatic carbocycles. The molecular weight excluding hydrogens is 254 g/mol. The van der Waals surface area contributed by atoms with Gasteiger partial charge in [-0.3, -0.25) is 0 Å². The van der Waals surface area contributed by atoms with Gasteiger partial charge in [-0.1, -0.05) is 6.07 Å². The molecule has 0 bridgehead atoms. The van der Waals surface area contributed by atoms with Gasteiger partial charge in [-0.15, -0.1) is 0 Å². The minimum absolute atomic E-state index is 0.591. The number of hydrogen-bond acceptors (Lipinski definition) is 4. The second-order valence-corrected chi connectivity index (χ2v) is 4.66. The molecule has 0 aliphatic heterocycles. The highest BCUT2D eigenvalue weighted by Gasteiger charge is 2.18. The summed E-state index contributed by atoms with van der Waals surface area (Å²) in [5, 5.41) is 10.1. The highest BCUT2D eigenvalue weighted by Crippen LogP contribution is 2.35. The summed E-state index contributed by atoms with van der Waals surface area (Å²) in [5.41, 5.74) is 1.78. The first-order valence-electron chi connectivity index (χ1n) is 6.79. The maximum atomic E-state index is 10.1. The number of furan rings is 1. The van der Waals surface area contributed by atoms with Crippen LogP contribution in [0.4, 0.5) is 5.69 Å². The van der Waals surface area contributed by atoms with Crippen molar-refractivity contribution in [3.8, 4) is 5.75 Å². The molecule has 2 aromatic rings. The van der Waals surface area contributed by atoms with Crippen LogP contribution in [0.25, 0.3) is 0 Å². The second-order valence-electron chi connectivity index (χ2n) is 4.66. The molecule has 0 spiro atoms. The zero-order valence-corrected chi connectivity index (χ0v) is 12.2. The van der Waals surface area contributed by atoms with Crippen LogP contribution in [0.3, 0.4) is 0 Å². The second kappa shape index (κ2) is 6.48. The molecule has 4 nitrogen and oxygen atoms in total. The van der Waals surface area contributed by atoms with Gasteiger partial charge in [0.05, 0.1) is 26.0 Å². The Hall–Kier alpha value is -1.94. The normalized spacial score (nSPS) is 12.2. The summed E-state index contributed by atoms with van der Waals surface area (Å²) in [7, 11) is 1.62. The van der Waals surface area contributed by atoms with E-state index < -0.39 is 6.10 Å². The lowest BCUT2D eigenvalue weighted by atomic mass is 10.1. The van der Waals surface area contributed by atoms with E-state index in [2.05, 4.69) is 11.8 Å². The van der Waals surface area contributed by atoms with Crippen LogP contribution < -0.4 is 9.64 Å². The molecule has 1 N–H and O–H groups in total. The number of methoxy groups -OCH3 is 1. The lowest BCUT2D eigenvalue weighted by Crippen LogP contribution is -2.23. The number of nitrogens with zero attached hydrogens (tertiary/aromatic N) is 1. The fraction of sp³-hybridized carbons (Fsp3) is 0.375. The minimum atomic E-state index is -0.591. The molecule has 4 heteroatoms. The summed E-state index contributed by atoms with van der Waals surface area (Å²) < 4.78 is 10.8. The van der Waals surface area contributed by atoms with Crippen LogP contribution in [0.5, 0.6) is 5.75 Å².